The third kappa shape index (κ3) is 4.62. The normalized spacial score (nSPS) is 24.8. The van der Waals surface area contributed by atoms with Gasteiger partial charge in [-0.25, -0.2) is 9.97 Å². The molecule has 0 amide bonds. The zero-order valence-electron chi connectivity index (χ0n) is 17.7. The van der Waals surface area contributed by atoms with Crippen molar-refractivity contribution >= 4 is 17.6 Å². The van der Waals surface area contributed by atoms with E-state index in [1.165, 1.54) is 44.9 Å². The zero-order valence-corrected chi connectivity index (χ0v) is 17.7. The first-order chi connectivity index (χ1) is 14.2. The predicted octanol–water partition coefficient (Wildman–Crippen LogP) is 5.56. The number of nitrogens with one attached hydrogen (secondary N) is 2. The van der Waals surface area contributed by atoms with Crippen LogP contribution in [0.3, 0.4) is 0 Å². The second-order valence-corrected chi connectivity index (χ2v) is 8.45. The van der Waals surface area contributed by atoms with E-state index in [0.29, 0.717) is 23.4 Å². The summed E-state index contributed by atoms with van der Waals surface area (Å²) in [4.78, 5) is 13.2. The highest BCUT2D eigenvalue weighted by Gasteiger charge is 2.61. The highest BCUT2D eigenvalue weighted by Crippen LogP contribution is 2.65. The van der Waals surface area contributed by atoms with E-state index < -0.39 is 0 Å². The summed E-state index contributed by atoms with van der Waals surface area (Å²) in [6.07, 6.45) is 11.6. The van der Waals surface area contributed by atoms with Crippen molar-refractivity contribution in [1.29, 1.82) is 0 Å². The van der Waals surface area contributed by atoms with Crippen LogP contribution in [0.25, 0.3) is 0 Å². The summed E-state index contributed by atoms with van der Waals surface area (Å²) in [7, 11) is 0. The van der Waals surface area contributed by atoms with Gasteiger partial charge in [-0.1, -0.05) is 33.1 Å². The Kier molecular flexibility index (Phi) is 6.16. The summed E-state index contributed by atoms with van der Waals surface area (Å²) in [5.74, 6) is 3.03. The van der Waals surface area contributed by atoms with Crippen LogP contribution in [0.15, 0.2) is 30.6 Å². The van der Waals surface area contributed by atoms with Crippen molar-refractivity contribution in [1.82, 2.24) is 15.0 Å². The van der Waals surface area contributed by atoms with Crippen LogP contribution in [-0.2, 0) is 0 Å². The monoisotopic (exact) mass is 395 g/mol. The summed E-state index contributed by atoms with van der Waals surface area (Å²) in [6, 6.07) is 8.45. The minimum atomic E-state index is 0.479. The predicted molar refractivity (Wildman–Crippen MR) is 117 cm³/mol. The Balaban J connectivity index is 1.30. The molecule has 6 heteroatoms. The van der Waals surface area contributed by atoms with Crippen LogP contribution in [-0.4, -0.2) is 27.6 Å². The summed E-state index contributed by atoms with van der Waals surface area (Å²) in [6.45, 7) is 5.30. The number of hydrogen-bond acceptors (Lipinski definition) is 6. The Morgan fingerprint density at radius 1 is 1.03 bits per heavy atom. The number of unbranched alkanes of at least 4 members (excludes halogenated alkanes) is 3. The molecule has 1 aromatic heterocycles. The number of fused-ring (bicyclic) bond motifs is 1. The number of hydrogen-bond donors (Lipinski definition) is 2. The van der Waals surface area contributed by atoms with E-state index in [4.69, 9.17) is 4.74 Å². The largest absolute Gasteiger partial charge is 0.494 e. The lowest BCUT2D eigenvalue weighted by atomic mass is 9.95. The molecular formula is C23H33N5O. The quantitative estimate of drug-likeness (QED) is 0.485. The van der Waals surface area contributed by atoms with E-state index in [9.17, 15) is 0 Å². The topological polar surface area (TPSA) is 72.0 Å². The molecule has 6 nitrogen and oxygen atoms in total. The molecule has 156 valence electrons. The molecule has 29 heavy (non-hydrogen) atoms. The first kappa shape index (κ1) is 19.9. The number of anilines is 3. The van der Waals surface area contributed by atoms with Gasteiger partial charge in [0.15, 0.2) is 0 Å². The van der Waals surface area contributed by atoms with Gasteiger partial charge in [0.25, 0.3) is 0 Å². The van der Waals surface area contributed by atoms with Crippen molar-refractivity contribution in [2.75, 3.05) is 17.2 Å². The van der Waals surface area contributed by atoms with E-state index in [0.717, 1.165) is 30.4 Å². The van der Waals surface area contributed by atoms with Gasteiger partial charge in [0.2, 0.25) is 11.9 Å². The molecule has 0 saturated heterocycles. The molecule has 3 unspecified atom stereocenters. The molecular weight excluding hydrogens is 362 g/mol. The van der Waals surface area contributed by atoms with Crippen LogP contribution in [0.5, 0.6) is 5.75 Å². The van der Waals surface area contributed by atoms with Crippen LogP contribution >= 0.6 is 0 Å². The van der Waals surface area contributed by atoms with Crippen molar-refractivity contribution in [2.45, 2.75) is 71.3 Å². The number of ether oxygens (including phenoxy) is 1. The molecule has 0 spiro atoms. The standard InChI is InChI=1S/C23H33N5O/c1-3-5-6-7-14-29-19-11-9-18(10-12-19)26-21-24-16-25-22(28-21)27-20-13-8-17-15-23(17,20)4-2/h9-12,16-17,20H,3-8,13-15H2,1-2H3,(H2,24,25,26,27,28). The molecule has 0 aliphatic heterocycles. The lowest BCUT2D eigenvalue weighted by molar-refractivity contribution is 0.305. The number of benzene rings is 1. The molecule has 0 radical (unpaired) electrons. The lowest BCUT2D eigenvalue weighted by Crippen LogP contribution is -2.28. The summed E-state index contributed by atoms with van der Waals surface area (Å²) in [5, 5.41) is 6.84. The average Bonchev–Trinajstić information content (AvgIpc) is 3.38. The number of aromatic nitrogens is 3. The van der Waals surface area contributed by atoms with E-state index in [-0.39, 0.29) is 0 Å². The van der Waals surface area contributed by atoms with Gasteiger partial charge in [0.1, 0.15) is 12.1 Å². The molecule has 2 aromatic rings. The summed E-state index contributed by atoms with van der Waals surface area (Å²) in [5.41, 5.74) is 1.42. The molecule has 2 aliphatic rings. The average molecular weight is 396 g/mol. The maximum atomic E-state index is 5.81. The zero-order chi connectivity index (χ0) is 20.1. The van der Waals surface area contributed by atoms with Crippen molar-refractivity contribution in [3.05, 3.63) is 30.6 Å². The van der Waals surface area contributed by atoms with E-state index in [2.05, 4.69) is 39.4 Å². The fourth-order valence-electron chi connectivity index (χ4n) is 4.83. The fraction of sp³-hybridized carbons (Fsp3) is 0.609. The number of rotatable bonds is 11. The Hall–Kier alpha value is -2.37. The molecule has 2 fully saturated rings. The Morgan fingerprint density at radius 3 is 2.62 bits per heavy atom. The van der Waals surface area contributed by atoms with Gasteiger partial charge in [-0.05, 0) is 67.7 Å². The van der Waals surface area contributed by atoms with Crippen molar-refractivity contribution < 1.29 is 4.74 Å². The fourth-order valence-corrected chi connectivity index (χ4v) is 4.83. The highest BCUT2D eigenvalue weighted by molar-refractivity contribution is 5.55. The van der Waals surface area contributed by atoms with E-state index >= 15 is 0 Å². The molecule has 2 aliphatic carbocycles. The second kappa shape index (κ2) is 8.97. The first-order valence-corrected chi connectivity index (χ1v) is 11.2. The SMILES string of the molecule is CCCCCCOc1ccc(Nc2ncnc(NC3CCC4CC43CC)n2)cc1. The smallest absolute Gasteiger partial charge is 0.231 e. The molecule has 3 atom stereocenters. The van der Waals surface area contributed by atoms with Crippen LogP contribution in [0.2, 0.25) is 0 Å². The van der Waals surface area contributed by atoms with Crippen molar-refractivity contribution in [3.8, 4) is 5.75 Å². The highest BCUT2D eigenvalue weighted by atomic mass is 16.5. The maximum Gasteiger partial charge on any atom is 0.231 e. The molecule has 2 saturated carbocycles. The maximum absolute atomic E-state index is 5.81. The van der Waals surface area contributed by atoms with Gasteiger partial charge in [-0.2, -0.15) is 4.98 Å². The second-order valence-electron chi connectivity index (χ2n) is 8.45. The van der Waals surface area contributed by atoms with Crippen LogP contribution in [0.1, 0.15) is 65.2 Å². The Morgan fingerprint density at radius 2 is 1.86 bits per heavy atom. The van der Waals surface area contributed by atoms with Gasteiger partial charge in [0, 0.05) is 11.7 Å². The van der Waals surface area contributed by atoms with Crippen LogP contribution < -0.4 is 15.4 Å². The minimum absolute atomic E-state index is 0.479. The Bertz CT molecular complexity index is 792. The number of nitrogens with zero attached hydrogens (tertiary/aromatic N) is 3. The molecule has 4 rings (SSSR count). The third-order valence-corrected chi connectivity index (χ3v) is 6.69. The summed E-state index contributed by atoms with van der Waals surface area (Å²) >= 11 is 0. The molecule has 1 heterocycles. The summed E-state index contributed by atoms with van der Waals surface area (Å²) < 4.78 is 5.81. The minimum Gasteiger partial charge on any atom is -0.494 e. The van der Waals surface area contributed by atoms with Crippen LogP contribution in [0, 0.1) is 11.3 Å². The van der Waals surface area contributed by atoms with Gasteiger partial charge < -0.3 is 15.4 Å². The van der Waals surface area contributed by atoms with Gasteiger partial charge >= 0.3 is 0 Å². The van der Waals surface area contributed by atoms with Gasteiger partial charge in [-0.3, -0.25) is 0 Å². The van der Waals surface area contributed by atoms with Crippen molar-refractivity contribution in [3.63, 3.8) is 0 Å². The third-order valence-electron chi connectivity index (χ3n) is 6.69. The van der Waals surface area contributed by atoms with Crippen LogP contribution in [0.4, 0.5) is 17.6 Å². The van der Waals surface area contributed by atoms with E-state index in [1.54, 1.807) is 6.33 Å². The first-order valence-electron chi connectivity index (χ1n) is 11.2. The van der Waals surface area contributed by atoms with Gasteiger partial charge in [0.05, 0.1) is 6.61 Å². The molecule has 0 bridgehead atoms. The molecule has 2 N–H and O–H groups in total. The lowest BCUT2D eigenvalue weighted by Gasteiger charge is -2.23. The van der Waals surface area contributed by atoms with Crippen molar-refractivity contribution in [2.24, 2.45) is 11.3 Å². The Labute approximate surface area is 173 Å². The van der Waals surface area contributed by atoms with Gasteiger partial charge in [-0.15, -0.1) is 0 Å². The molecule has 1 aromatic carbocycles. The van der Waals surface area contributed by atoms with E-state index in [1.807, 2.05) is 24.3 Å².